The van der Waals surface area contributed by atoms with Crippen LogP contribution in [0.15, 0.2) is 83.5 Å². The number of H-pyrrole nitrogens is 1. The van der Waals surface area contributed by atoms with Crippen LogP contribution >= 0.6 is 11.6 Å². The molecule has 174 valence electrons. The van der Waals surface area contributed by atoms with E-state index in [1.54, 1.807) is 48.5 Å². The molecule has 0 fully saturated rings. The summed E-state index contributed by atoms with van der Waals surface area (Å²) in [5.41, 5.74) is 4.97. The van der Waals surface area contributed by atoms with Gasteiger partial charge in [0.1, 0.15) is 10.7 Å². The van der Waals surface area contributed by atoms with E-state index in [2.05, 4.69) is 28.6 Å². The lowest BCUT2D eigenvalue weighted by Crippen LogP contribution is -2.28. The van der Waals surface area contributed by atoms with Crippen molar-refractivity contribution in [3.8, 4) is 0 Å². The van der Waals surface area contributed by atoms with Gasteiger partial charge < -0.3 is 15.6 Å². The van der Waals surface area contributed by atoms with Gasteiger partial charge in [-0.25, -0.2) is 0 Å². The SMILES string of the molecule is CCc1cc2cc(NC(=O)c3ccc(CNC4=C(Cl)C(=O)c5ccccc5C4=O)cc3)ccc2[nH]1. The Balaban J connectivity index is 1.25. The highest BCUT2D eigenvalue weighted by molar-refractivity contribution is 6.49. The first-order valence-corrected chi connectivity index (χ1v) is 11.7. The fourth-order valence-electron chi connectivity index (χ4n) is 4.13. The van der Waals surface area contributed by atoms with E-state index in [0.717, 1.165) is 34.3 Å². The summed E-state index contributed by atoms with van der Waals surface area (Å²) in [6.07, 6.45) is 0.916. The molecule has 0 unspecified atom stereocenters. The summed E-state index contributed by atoms with van der Waals surface area (Å²) < 4.78 is 0. The first-order chi connectivity index (χ1) is 16.9. The maximum absolute atomic E-state index is 12.8. The second kappa shape index (κ2) is 9.24. The number of allylic oxidation sites excluding steroid dienone is 2. The van der Waals surface area contributed by atoms with Crippen molar-refractivity contribution < 1.29 is 14.4 Å². The van der Waals surface area contributed by atoms with Crippen LogP contribution in [0, 0.1) is 0 Å². The second-order valence-corrected chi connectivity index (χ2v) is 8.73. The predicted octanol–water partition coefficient (Wildman–Crippen LogP) is 5.60. The molecular weight excluding hydrogens is 462 g/mol. The summed E-state index contributed by atoms with van der Waals surface area (Å²) in [7, 11) is 0. The summed E-state index contributed by atoms with van der Waals surface area (Å²) in [4.78, 5) is 41.4. The molecule has 35 heavy (non-hydrogen) atoms. The number of Topliss-reactive ketones (excluding diaryl/α,β-unsaturated/α-hetero) is 2. The Morgan fingerprint density at radius 1 is 0.914 bits per heavy atom. The third kappa shape index (κ3) is 4.36. The Hall–Kier alpha value is -4.16. The molecule has 0 saturated heterocycles. The topological polar surface area (TPSA) is 91.1 Å². The molecule has 1 aromatic heterocycles. The number of aromatic nitrogens is 1. The van der Waals surface area contributed by atoms with Crippen molar-refractivity contribution in [1.29, 1.82) is 0 Å². The van der Waals surface area contributed by atoms with Gasteiger partial charge in [0.15, 0.2) is 0 Å². The number of amides is 1. The van der Waals surface area contributed by atoms with Gasteiger partial charge in [-0.2, -0.15) is 0 Å². The first kappa shape index (κ1) is 22.6. The minimum Gasteiger partial charge on any atom is -0.376 e. The number of rotatable bonds is 6. The number of fused-ring (bicyclic) bond motifs is 2. The van der Waals surface area contributed by atoms with Gasteiger partial charge >= 0.3 is 0 Å². The minimum atomic E-state index is -0.375. The maximum atomic E-state index is 12.8. The van der Waals surface area contributed by atoms with Crippen LogP contribution in [-0.4, -0.2) is 22.5 Å². The number of anilines is 1. The molecule has 0 bridgehead atoms. The number of aromatic amines is 1. The largest absolute Gasteiger partial charge is 0.376 e. The van der Waals surface area contributed by atoms with Crippen LogP contribution in [0.5, 0.6) is 0 Å². The van der Waals surface area contributed by atoms with Gasteiger partial charge in [0.25, 0.3) is 5.91 Å². The molecule has 0 radical (unpaired) electrons. The molecule has 0 aliphatic heterocycles. The van der Waals surface area contributed by atoms with E-state index in [1.807, 2.05) is 18.2 Å². The highest BCUT2D eigenvalue weighted by Gasteiger charge is 2.30. The van der Waals surface area contributed by atoms with Gasteiger partial charge in [-0.1, -0.05) is 54.9 Å². The lowest BCUT2D eigenvalue weighted by atomic mass is 9.92. The van der Waals surface area contributed by atoms with E-state index in [1.165, 1.54) is 0 Å². The molecule has 4 aromatic rings. The van der Waals surface area contributed by atoms with Crippen LogP contribution in [0.2, 0.25) is 0 Å². The average Bonchev–Trinajstić information content (AvgIpc) is 3.30. The normalized spacial score (nSPS) is 13.2. The van der Waals surface area contributed by atoms with Gasteiger partial charge in [-0.3, -0.25) is 14.4 Å². The molecule has 3 aromatic carbocycles. The van der Waals surface area contributed by atoms with Crippen molar-refractivity contribution in [2.45, 2.75) is 19.9 Å². The lowest BCUT2D eigenvalue weighted by molar-refractivity contribution is 0.0974. The third-order valence-electron chi connectivity index (χ3n) is 6.06. The van der Waals surface area contributed by atoms with Gasteiger partial charge in [0.2, 0.25) is 11.6 Å². The number of ketones is 2. The average molecular weight is 484 g/mol. The fraction of sp³-hybridized carbons (Fsp3) is 0.107. The number of carbonyl (C=O) groups excluding carboxylic acids is 3. The van der Waals surface area contributed by atoms with E-state index in [9.17, 15) is 14.4 Å². The Bertz CT molecular complexity index is 1520. The molecule has 0 atom stereocenters. The quantitative estimate of drug-likeness (QED) is 0.333. The van der Waals surface area contributed by atoms with Crippen molar-refractivity contribution in [2.24, 2.45) is 0 Å². The Kier molecular flexibility index (Phi) is 5.97. The van der Waals surface area contributed by atoms with Crippen LogP contribution in [0.1, 0.15) is 49.3 Å². The summed E-state index contributed by atoms with van der Waals surface area (Å²) in [6.45, 7) is 2.36. The van der Waals surface area contributed by atoms with E-state index >= 15 is 0 Å². The molecule has 3 N–H and O–H groups in total. The highest BCUT2D eigenvalue weighted by Crippen LogP contribution is 2.27. The van der Waals surface area contributed by atoms with Gasteiger partial charge in [0, 0.05) is 45.5 Å². The number of benzene rings is 3. The number of hydrogen-bond acceptors (Lipinski definition) is 4. The van der Waals surface area contributed by atoms with Crippen molar-refractivity contribution in [3.63, 3.8) is 0 Å². The van der Waals surface area contributed by atoms with Crippen LogP contribution < -0.4 is 10.6 Å². The number of nitrogens with one attached hydrogen (secondary N) is 3. The van der Waals surface area contributed by atoms with E-state index in [-0.39, 0.29) is 34.7 Å². The summed E-state index contributed by atoms with van der Waals surface area (Å²) in [5, 5.41) is 6.86. The van der Waals surface area contributed by atoms with Crippen molar-refractivity contribution in [3.05, 3.63) is 111 Å². The van der Waals surface area contributed by atoms with Crippen molar-refractivity contribution in [2.75, 3.05) is 5.32 Å². The molecular formula is C28H22ClN3O3. The molecule has 0 spiro atoms. The molecule has 1 aliphatic carbocycles. The van der Waals surface area contributed by atoms with Crippen LogP contribution in [0.3, 0.4) is 0 Å². The molecule has 1 amide bonds. The number of carbonyl (C=O) groups is 3. The van der Waals surface area contributed by atoms with E-state index in [0.29, 0.717) is 16.7 Å². The Labute approximate surface area is 207 Å². The second-order valence-electron chi connectivity index (χ2n) is 8.35. The Morgan fingerprint density at radius 3 is 2.34 bits per heavy atom. The monoisotopic (exact) mass is 483 g/mol. The Morgan fingerprint density at radius 2 is 1.63 bits per heavy atom. The van der Waals surface area contributed by atoms with Gasteiger partial charge in [-0.05, 0) is 48.4 Å². The van der Waals surface area contributed by atoms with Crippen LogP contribution in [0.25, 0.3) is 10.9 Å². The predicted molar refractivity (Wildman–Crippen MR) is 137 cm³/mol. The highest BCUT2D eigenvalue weighted by atomic mass is 35.5. The summed E-state index contributed by atoms with van der Waals surface area (Å²) >= 11 is 6.20. The van der Waals surface area contributed by atoms with Crippen molar-refractivity contribution in [1.82, 2.24) is 10.3 Å². The standard InChI is InChI=1S/C28H22ClN3O3/c1-2-19-13-18-14-20(11-12-23(18)31-19)32-28(35)17-9-7-16(8-10-17)15-30-25-24(29)26(33)21-5-3-4-6-22(21)27(25)34/h3-14,30-31H,2,15H2,1H3,(H,32,35). The maximum Gasteiger partial charge on any atom is 0.255 e. The molecule has 7 heteroatoms. The summed E-state index contributed by atoms with van der Waals surface area (Å²) in [5.74, 6) is -0.905. The zero-order valence-corrected chi connectivity index (χ0v) is 19.7. The molecule has 0 saturated carbocycles. The zero-order valence-electron chi connectivity index (χ0n) is 18.9. The van der Waals surface area contributed by atoms with Crippen LogP contribution in [0.4, 0.5) is 5.69 Å². The van der Waals surface area contributed by atoms with E-state index < -0.39 is 0 Å². The number of halogens is 1. The van der Waals surface area contributed by atoms with Gasteiger partial charge in [-0.15, -0.1) is 0 Å². The smallest absolute Gasteiger partial charge is 0.255 e. The summed E-state index contributed by atoms with van der Waals surface area (Å²) in [6, 6.07) is 21.5. The molecule has 5 rings (SSSR count). The van der Waals surface area contributed by atoms with E-state index in [4.69, 9.17) is 11.6 Å². The number of aryl methyl sites for hydroxylation is 1. The third-order valence-corrected chi connectivity index (χ3v) is 6.42. The van der Waals surface area contributed by atoms with Crippen molar-refractivity contribution >= 4 is 45.7 Å². The minimum absolute atomic E-state index is 0.0866. The first-order valence-electron chi connectivity index (χ1n) is 11.3. The fourth-order valence-corrected chi connectivity index (χ4v) is 4.39. The molecule has 6 nitrogen and oxygen atoms in total. The molecule has 1 aliphatic rings. The molecule has 1 heterocycles. The number of hydrogen-bond donors (Lipinski definition) is 3. The lowest BCUT2D eigenvalue weighted by Gasteiger charge is -2.19. The zero-order chi connectivity index (χ0) is 24.5. The van der Waals surface area contributed by atoms with Crippen LogP contribution in [-0.2, 0) is 13.0 Å². The van der Waals surface area contributed by atoms with Gasteiger partial charge in [0.05, 0.1) is 0 Å².